The molecule has 22 heavy (non-hydrogen) atoms. The Balaban J connectivity index is 2.11. The second-order valence-corrected chi connectivity index (χ2v) is 6.35. The molecule has 0 unspecified atom stereocenters. The maximum Gasteiger partial charge on any atom is 0.0765 e. The number of nitrogens with zero attached hydrogens (tertiary/aromatic N) is 1. The fourth-order valence-electron chi connectivity index (χ4n) is 2.54. The van der Waals surface area contributed by atoms with Crippen molar-refractivity contribution in [2.24, 2.45) is 0 Å². The number of likely N-dealkylation sites (N-methyl/N-ethyl adjacent to an activating group) is 1. The number of aliphatic hydroxyl groups is 1. The minimum atomic E-state index is -0.704. The highest BCUT2D eigenvalue weighted by atomic mass is 16.5. The largest absolute Gasteiger partial charge is 0.389 e. The molecule has 1 N–H and O–H groups in total. The summed E-state index contributed by atoms with van der Waals surface area (Å²) in [5.74, 6) is 0. The van der Waals surface area contributed by atoms with E-state index in [1.165, 1.54) is 16.7 Å². The summed E-state index contributed by atoms with van der Waals surface area (Å²) in [6.07, 6.45) is 0. The monoisotopic (exact) mass is 299 g/mol. The number of hydrogen-bond donors (Lipinski definition) is 1. The standard InChI is InChI=1S/C19H25NO2/c1-19(2,21)14-20(3)18-11-9-17(10-12-18)16-7-5-15(6-8-16)13-22-4/h5-12,21H,13-14H2,1-4H3. The molecule has 2 aromatic carbocycles. The van der Waals surface area contributed by atoms with Crippen LogP contribution in [0.15, 0.2) is 48.5 Å². The first-order chi connectivity index (χ1) is 10.4. The third-order valence-corrected chi connectivity index (χ3v) is 3.53. The van der Waals surface area contributed by atoms with E-state index >= 15 is 0 Å². The zero-order valence-electron chi connectivity index (χ0n) is 13.8. The predicted octanol–water partition coefficient (Wildman–Crippen LogP) is 3.71. The molecule has 2 rings (SSSR count). The number of hydrogen-bond acceptors (Lipinski definition) is 3. The van der Waals surface area contributed by atoms with E-state index < -0.39 is 5.60 Å². The Bertz CT molecular complexity index is 582. The van der Waals surface area contributed by atoms with E-state index in [2.05, 4.69) is 53.4 Å². The molecule has 118 valence electrons. The smallest absolute Gasteiger partial charge is 0.0765 e. The van der Waals surface area contributed by atoms with Crippen LogP contribution < -0.4 is 4.90 Å². The SMILES string of the molecule is COCc1ccc(-c2ccc(N(C)CC(C)(C)O)cc2)cc1. The summed E-state index contributed by atoms with van der Waals surface area (Å²) in [5.41, 5.74) is 3.94. The van der Waals surface area contributed by atoms with Gasteiger partial charge in [-0.3, -0.25) is 0 Å². The quantitative estimate of drug-likeness (QED) is 0.882. The summed E-state index contributed by atoms with van der Waals surface area (Å²) < 4.78 is 5.13. The normalized spacial score (nSPS) is 11.5. The van der Waals surface area contributed by atoms with Gasteiger partial charge in [0.25, 0.3) is 0 Å². The number of ether oxygens (including phenoxy) is 1. The Hall–Kier alpha value is -1.84. The van der Waals surface area contributed by atoms with Crippen LogP contribution in [-0.4, -0.2) is 31.4 Å². The first-order valence-corrected chi connectivity index (χ1v) is 7.51. The molecular weight excluding hydrogens is 274 g/mol. The van der Waals surface area contributed by atoms with Crippen molar-refractivity contribution < 1.29 is 9.84 Å². The minimum Gasteiger partial charge on any atom is -0.389 e. The first kappa shape index (κ1) is 16.5. The van der Waals surface area contributed by atoms with Crippen molar-refractivity contribution in [3.05, 3.63) is 54.1 Å². The Kier molecular flexibility index (Phi) is 5.22. The highest BCUT2D eigenvalue weighted by molar-refractivity contribution is 5.66. The number of rotatable bonds is 6. The van der Waals surface area contributed by atoms with Gasteiger partial charge in [0, 0.05) is 26.4 Å². The first-order valence-electron chi connectivity index (χ1n) is 7.51. The van der Waals surface area contributed by atoms with Gasteiger partial charge >= 0.3 is 0 Å². The molecule has 0 fully saturated rings. The molecule has 0 aromatic heterocycles. The van der Waals surface area contributed by atoms with Crippen LogP contribution in [0.25, 0.3) is 11.1 Å². The van der Waals surface area contributed by atoms with Gasteiger partial charge in [-0.15, -0.1) is 0 Å². The van der Waals surface area contributed by atoms with Crippen molar-refractivity contribution in [1.29, 1.82) is 0 Å². The lowest BCUT2D eigenvalue weighted by Gasteiger charge is -2.27. The molecule has 0 bridgehead atoms. The van der Waals surface area contributed by atoms with Crippen LogP contribution in [0.2, 0.25) is 0 Å². The average Bonchev–Trinajstić information content (AvgIpc) is 2.47. The van der Waals surface area contributed by atoms with Crippen LogP contribution in [0.4, 0.5) is 5.69 Å². The maximum absolute atomic E-state index is 9.90. The molecule has 2 aromatic rings. The van der Waals surface area contributed by atoms with Gasteiger partial charge in [0.05, 0.1) is 12.2 Å². The third kappa shape index (κ3) is 4.58. The van der Waals surface area contributed by atoms with E-state index in [4.69, 9.17) is 4.74 Å². The highest BCUT2D eigenvalue weighted by Gasteiger charge is 2.15. The summed E-state index contributed by atoms with van der Waals surface area (Å²) in [7, 11) is 3.70. The van der Waals surface area contributed by atoms with Gasteiger partial charge in [-0.05, 0) is 42.7 Å². The molecule has 0 atom stereocenters. The van der Waals surface area contributed by atoms with Crippen LogP contribution in [-0.2, 0) is 11.3 Å². The highest BCUT2D eigenvalue weighted by Crippen LogP contribution is 2.24. The minimum absolute atomic E-state index is 0.595. The van der Waals surface area contributed by atoms with E-state index in [9.17, 15) is 5.11 Å². The zero-order valence-corrected chi connectivity index (χ0v) is 13.8. The maximum atomic E-state index is 9.90. The lowest BCUT2D eigenvalue weighted by atomic mass is 10.0. The molecule has 0 heterocycles. The van der Waals surface area contributed by atoms with E-state index in [0.717, 1.165) is 5.69 Å². The van der Waals surface area contributed by atoms with Crippen LogP contribution >= 0.6 is 0 Å². The lowest BCUT2D eigenvalue weighted by Crippen LogP contribution is -2.36. The molecule has 0 radical (unpaired) electrons. The van der Waals surface area contributed by atoms with Crippen LogP contribution in [0.1, 0.15) is 19.4 Å². The summed E-state index contributed by atoms with van der Waals surface area (Å²) >= 11 is 0. The van der Waals surface area contributed by atoms with Gasteiger partial charge in [-0.1, -0.05) is 36.4 Å². The lowest BCUT2D eigenvalue weighted by molar-refractivity contribution is 0.0886. The summed E-state index contributed by atoms with van der Waals surface area (Å²) in [6.45, 7) is 4.87. The summed E-state index contributed by atoms with van der Waals surface area (Å²) in [4.78, 5) is 2.06. The van der Waals surface area contributed by atoms with E-state index in [-0.39, 0.29) is 0 Å². The van der Waals surface area contributed by atoms with Crippen LogP contribution in [0.5, 0.6) is 0 Å². The van der Waals surface area contributed by atoms with Gasteiger partial charge in [0.2, 0.25) is 0 Å². The van der Waals surface area contributed by atoms with Crippen molar-refractivity contribution in [3.63, 3.8) is 0 Å². The van der Waals surface area contributed by atoms with Crippen LogP contribution in [0.3, 0.4) is 0 Å². The Morgan fingerprint density at radius 2 is 1.45 bits per heavy atom. The van der Waals surface area contributed by atoms with Gasteiger partial charge in [0.1, 0.15) is 0 Å². The average molecular weight is 299 g/mol. The summed E-state index contributed by atoms with van der Waals surface area (Å²) in [5, 5.41) is 9.90. The van der Waals surface area contributed by atoms with Crippen LogP contribution in [0, 0.1) is 0 Å². The van der Waals surface area contributed by atoms with Crippen molar-refractivity contribution in [1.82, 2.24) is 0 Å². The fraction of sp³-hybridized carbons (Fsp3) is 0.368. The van der Waals surface area contributed by atoms with Crippen molar-refractivity contribution >= 4 is 5.69 Å². The second-order valence-electron chi connectivity index (χ2n) is 6.35. The predicted molar refractivity (Wildman–Crippen MR) is 92.2 cm³/mol. The molecule has 3 heteroatoms. The van der Waals surface area contributed by atoms with Gasteiger partial charge in [-0.2, -0.15) is 0 Å². The summed E-state index contributed by atoms with van der Waals surface area (Å²) in [6, 6.07) is 16.8. The van der Waals surface area contributed by atoms with Crippen molar-refractivity contribution in [2.75, 3.05) is 25.6 Å². The van der Waals surface area contributed by atoms with Crippen molar-refractivity contribution in [3.8, 4) is 11.1 Å². The fourth-order valence-corrected chi connectivity index (χ4v) is 2.54. The van der Waals surface area contributed by atoms with E-state index in [1.807, 2.05) is 20.9 Å². The van der Waals surface area contributed by atoms with Gasteiger partial charge in [0.15, 0.2) is 0 Å². The van der Waals surface area contributed by atoms with Gasteiger partial charge in [-0.25, -0.2) is 0 Å². The second kappa shape index (κ2) is 6.95. The number of benzene rings is 2. The number of anilines is 1. The van der Waals surface area contributed by atoms with E-state index in [1.54, 1.807) is 7.11 Å². The zero-order chi connectivity index (χ0) is 16.2. The molecule has 0 spiro atoms. The topological polar surface area (TPSA) is 32.7 Å². The molecule has 0 aliphatic heterocycles. The van der Waals surface area contributed by atoms with Gasteiger partial charge < -0.3 is 14.7 Å². The third-order valence-electron chi connectivity index (χ3n) is 3.53. The molecule has 3 nitrogen and oxygen atoms in total. The molecule has 0 amide bonds. The van der Waals surface area contributed by atoms with Crippen molar-refractivity contribution in [2.45, 2.75) is 26.1 Å². The molecule has 0 aliphatic carbocycles. The molecular formula is C19H25NO2. The molecule has 0 saturated heterocycles. The Morgan fingerprint density at radius 1 is 0.955 bits per heavy atom. The Morgan fingerprint density at radius 3 is 1.91 bits per heavy atom. The Labute approximate surface area is 133 Å². The molecule has 0 aliphatic rings. The molecule has 0 saturated carbocycles. The van der Waals surface area contributed by atoms with E-state index in [0.29, 0.717) is 13.2 Å². The number of methoxy groups -OCH3 is 1.